The largest absolute Gasteiger partial charge is 0.493 e. The van der Waals surface area contributed by atoms with E-state index in [2.05, 4.69) is 24.4 Å². The van der Waals surface area contributed by atoms with Crippen LogP contribution in [-0.4, -0.2) is 23.6 Å². The fourth-order valence-electron chi connectivity index (χ4n) is 5.37. The van der Waals surface area contributed by atoms with Gasteiger partial charge in [-0.3, -0.25) is 9.59 Å². The van der Waals surface area contributed by atoms with Gasteiger partial charge in [-0.05, 0) is 67.6 Å². The number of carboxylic acid groups (broad SMARTS) is 1. The Hall–Kier alpha value is -3.51. The molecule has 1 unspecified atom stereocenters. The zero-order chi connectivity index (χ0) is 25.3. The lowest BCUT2D eigenvalue weighted by atomic mass is 9.85. The third kappa shape index (κ3) is 4.65. The van der Waals surface area contributed by atoms with E-state index < -0.39 is 11.9 Å². The van der Waals surface area contributed by atoms with E-state index in [0.29, 0.717) is 46.4 Å². The minimum atomic E-state index is -0.903. The number of amides is 1. The van der Waals surface area contributed by atoms with E-state index in [1.807, 2.05) is 12.1 Å². The van der Waals surface area contributed by atoms with Gasteiger partial charge in [-0.15, -0.1) is 0 Å². The van der Waals surface area contributed by atoms with Crippen molar-refractivity contribution in [1.82, 2.24) is 5.32 Å². The van der Waals surface area contributed by atoms with Crippen LogP contribution in [0.2, 0.25) is 5.02 Å². The molecule has 3 aromatic rings. The highest BCUT2D eigenvalue weighted by Crippen LogP contribution is 2.42. The van der Waals surface area contributed by atoms with Gasteiger partial charge in [0.15, 0.2) is 0 Å². The van der Waals surface area contributed by atoms with Gasteiger partial charge >= 0.3 is 5.97 Å². The van der Waals surface area contributed by atoms with Gasteiger partial charge < -0.3 is 19.9 Å². The van der Waals surface area contributed by atoms with E-state index in [-0.39, 0.29) is 11.4 Å². The van der Waals surface area contributed by atoms with Crippen molar-refractivity contribution in [3.05, 3.63) is 87.9 Å². The average Bonchev–Trinajstić information content (AvgIpc) is 3.34. The molecule has 1 fully saturated rings. The van der Waals surface area contributed by atoms with Gasteiger partial charge in [0.2, 0.25) is 0 Å². The Bertz CT molecular complexity index is 1300. The van der Waals surface area contributed by atoms with Gasteiger partial charge in [-0.1, -0.05) is 48.7 Å². The Morgan fingerprint density at radius 2 is 1.81 bits per heavy atom. The van der Waals surface area contributed by atoms with Gasteiger partial charge in [0.25, 0.3) is 5.91 Å². The van der Waals surface area contributed by atoms with E-state index in [9.17, 15) is 14.7 Å². The van der Waals surface area contributed by atoms with Crippen molar-refractivity contribution in [3.63, 3.8) is 0 Å². The molecular formula is C29H28ClNO5. The van der Waals surface area contributed by atoms with E-state index in [4.69, 9.17) is 21.1 Å². The summed E-state index contributed by atoms with van der Waals surface area (Å²) < 4.78 is 11.6. The van der Waals surface area contributed by atoms with Crippen LogP contribution in [0.1, 0.15) is 65.1 Å². The number of rotatable bonds is 6. The number of benzene rings is 3. The monoisotopic (exact) mass is 505 g/mol. The number of hydrogen-bond donors (Lipinski definition) is 2. The lowest BCUT2D eigenvalue weighted by molar-refractivity contribution is -0.139. The molecule has 5 rings (SSSR count). The molecule has 3 aromatic carbocycles. The van der Waals surface area contributed by atoms with E-state index >= 15 is 0 Å². The first-order chi connectivity index (χ1) is 17.4. The normalized spacial score (nSPS) is 18.1. The first-order valence-electron chi connectivity index (χ1n) is 12.2. The minimum Gasteiger partial charge on any atom is -0.493 e. The second-order valence-corrected chi connectivity index (χ2v) is 9.94. The summed E-state index contributed by atoms with van der Waals surface area (Å²) in [6, 6.07) is 18.4. The second-order valence-electron chi connectivity index (χ2n) is 9.53. The van der Waals surface area contributed by atoms with Gasteiger partial charge in [-0.2, -0.15) is 0 Å². The zero-order valence-corrected chi connectivity index (χ0v) is 20.8. The standard InChI is InChI=1S/C29H28ClNO5/c1-18-6-2-3-7-23(18)29(13-4-5-14-29)31-27(32)19-8-10-20(11-9-19)36-26-17-25-22(16-24(26)30)21(28(33)34)12-15-35-25/h2-3,6-11,16-17,21H,4-5,12-15H2,1H3,(H,31,32)(H,33,34). The lowest BCUT2D eigenvalue weighted by Crippen LogP contribution is -2.44. The SMILES string of the molecule is Cc1ccccc1C1(NC(=O)c2ccc(Oc3cc4c(cc3Cl)C(C(=O)O)CCO4)cc2)CCCC1. The molecule has 186 valence electrons. The topological polar surface area (TPSA) is 84.9 Å². The zero-order valence-electron chi connectivity index (χ0n) is 20.1. The fraction of sp³-hybridized carbons (Fsp3) is 0.310. The number of aryl methyl sites for hydroxylation is 1. The second kappa shape index (κ2) is 9.86. The molecule has 7 heteroatoms. The lowest BCUT2D eigenvalue weighted by Gasteiger charge is -2.32. The predicted molar refractivity (Wildman–Crippen MR) is 137 cm³/mol. The third-order valence-electron chi connectivity index (χ3n) is 7.22. The van der Waals surface area contributed by atoms with Crippen molar-refractivity contribution in [2.45, 2.75) is 50.5 Å². The van der Waals surface area contributed by atoms with Gasteiger partial charge in [0.05, 0.1) is 23.1 Å². The third-order valence-corrected chi connectivity index (χ3v) is 7.51. The summed E-state index contributed by atoms with van der Waals surface area (Å²) in [5.74, 6) is -0.341. The van der Waals surface area contributed by atoms with Crippen LogP contribution in [0.3, 0.4) is 0 Å². The van der Waals surface area contributed by atoms with Crippen molar-refractivity contribution < 1.29 is 24.2 Å². The number of fused-ring (bicyclic) bond motifs is 1. The summed E-state index contributed by atoms with van der Waals surface area (Å²) in [6.07, 6.45) is 4.41. The first-order valence-corrected chi connectivity index (χ1v) is 12.6. The van der Waals surface area contributed by atoms with E-state index in [1.165, 1.54) is 11.1 Å². The fourth-order valence-corrected chi connectivity index (χ4v) is 5.58. The van der Waals surface area contributed by atoms with Crippen LogP contribution >= 0.6 is 11.6 Å². The number of nitrogens with one attached hydrogen (secondary N) is 1. The molecule has 1 heterocycles. The number of halogens is 1. The molecule has 0 aromatic heterocycles. The van der Waals surface area contributed by atoms with Crippen LogP contribution < -0.4 is 14.8 Å². The number of hydrogen-bond acceptors (Lipinski definition) is 4. The van der Waals surface area contributed by atoms with Crippen molar-refractivity contribution in [1.29, 1.82) is 0 Å². The summed E-state index contributed by atoms with van der Waals surface area (Å²) in [4.78, 5) is 24.8. The number of carbonyl (C=O) groups excluding carboxylic acids is 1. The highest BCUT2D eigenvalue weighted by Gasteiger charge is 2.38. The Labute approximate surface area is 215 Å². The Balaban J connectivity index is 1.33. The molecule has 0 saturated heterocycles. The molecule has 36 heavy (non-hydrogen) atoms. The summed E-state index contributed by atoms with van der Waals surface area (Å²) in [7, 11) is 0. The quantitative estimate of drug-likeness (QED) is 0.394. The summed E-state index contributed by atoms with van der Waals surface area (Å²) in [5.41, 5.74) is 3.12. The maximum atomic E-state index is 13.2. The van der Waals surface area contributed by atoms with Gasteiger partial charge in [-0.25, -0.2) is 0 Å². The Morgan fingerprint density at radius 1 is 1.08 bits per heavy atom. The van der Waals surface area contributed by atoms with E-state index in [1.54, 1.807) is 36.4 Å². The maximum absolute atomic E-state index is 13.2. The number of ether oxygens (including phenoxy) is 2. The molecule has 0 bridgehead atoms. The highest BCUT2D eigenvalue weighted by atomic mass is 35.5. The molecule has 1 aliphatic carbocycles. The van der Waals surface area contributed by atoms with Gasteiger partial charge in [0, 0.05) is 17.2 Å². The van der Waals surface area contributed by atoms with Crippen LogP contribution in [0.15, 0.2) is 60.7 Å². The molecule has 1 aliphatic heterocycles. The first kappa shape index (κ1) is 24.2. The molecular weight excluding hydrogens is 478 g/mol. The number of carboxylic acids is 1. The molecule has 1 saturated carbocycles. The van der Waals surface area contributed by atoms with Crippen LogP contribution in [0.4, 0.5) is 0 Å². The Morgan fingerprint density at radius 3 is 2.50 bits per heavy atom. The Kier molecular flexibility index (Phi) is 6.63. The molecule has 2 N–H and O–H groups in total. The molecule has 0 radical (unpaired) electrons. The van der Waals surface area contributed by atoms with Crippen molar-refractivity contribution in [2.24, 2.45) is 0 Å². The van der Waals surface area contributed by atoms with Crippen LogP contribution in [0.25, 0.3) is 0 Å². The summed E-state index contributed by atoms with van der Waals surface area (Å²) in [5, 5.41) is 13.1. The van der Waals surface area contributed by atoms with Crippen LogP contribution in [-0.2, 0) is 10.3 Å². The summed E-state index contributed by atoms with van der Waals surface area (Å²) in [6.45, 7) is 2.41. The van der Waals surface area contributed by atoms with E-state index in [0.717, 1.165) is 25.7 Å². The van der Waals surface area contributed by atoms with Crippen LogP contribution in [0.5, 0.6) is 17.2 Å². The average molecular weight is 506 g/mol. The van der Waals surface area contributed by atoms with Crippen molar-refractivity contribution in [3.8, 4) is 17.2 Å². The number of aliphatic carboxylic acids is 1. The molecule has 1 atom stereocenters. The molecule has 1 amide bonds. The minimum absolute atomic E-state index is 0.119. The molecule has 2 aliphatic rings. The molecule has 6 nitrogen and oxygen atoms in total. The highest BCUT2D eigenvalue weighted by molar-refractivity contribution is 6.32. The van der Waals surface area contributed by atoms with Crippen molar-refractivity contribution in [2.75, 3.05) is 6.61 Å². The number of carbonyl (C=O) groups is 2. The van der Waals surface area contributed by atoms with Crippen molar-refractivity contribution >= 4 is 23.5 Å². The maximum Gasteiger partial charge on any atom is 0.311 e. The van der Waals surface area contributed by atoms with Crippen LogP contribution in [0, 0.1) is 6.92 Å². The smallest absolute Gasteiger partial charge is 0.311 e. The predicted octanol–water partition coefficient (Wildman–Crippen LogP) is 6.59. The van der Waals surface area contributed by atoms with Gasteiger partial charge in [0.1, 0.15) is 17.2 Å². The summed E-state index contributed by atoms with van der Waals surface area (Å²) >= 11 is 6.41. The molecule has 0 spiro atoms.